The molecule has 0 aliphatic rings. The largest absolute Gasteiger partial charge is 0.338 e. The molecule has 9 heteroatoms. The average Bonchev–Trinajstić information content (AvgIpc) is 2.57. The summed E-state index contributed by atoms with van der Waals surface area (Å²) in [5.74, 6) is -5.94. The van der Waals surface area contributed by atoms with Crippen LogP contribution in [-0.2, 0) is 0 Å². The highest BCUT2D eigenvalue weighted by Gasteiger charge is 2.15. The summed E-state index contributed by atoms with van der Waals surface area (Å²) in [6.07, 6.45) is 0. The third-order valence-corrected chi connectivity index (χ3v) is 3.33. The summed E-state index contributed by atoms with van der Waals surface area (Å²) < 4.78 is 66.7. The van der Waals surface area contributed by atoms with Gasteiger partial charge in [-0.25, -0.2) is 26.9 Å². The second kappa shape index (κ2) is 6.95. The lowest BCUT2D eigenvalue weighted by Gasteiger charge is -2.11. The van der Waals surface area contributed by atoms with Crippen LogP contribution in [0.5, 0.6) is 0 Å². The topological polar surface area (TPSA) is 49.8 Å². The average molecular weight is 366 g/mol. The Kier molecular flexibility index (Phi) is 4.70. The van der Waals surface area contributed by atoms with Gasteiger partial charge in [0.25, 0.3) is 0 Å². The van der Waals surface area contributed by atoms with Crippen LogP contribution < -0.4 is 10.6 Å². The van der Waals surface area contributed by atoms with E-state index in [0.717, 1.165) is 18.2 Å². The summed E-state index contributed by atoms with van der Waals surface area (Å²) >= 11 is 0. The van der Waals surface area contributed by atoms with Gasteiger partial charge in [0, 0.05) is 17.8 Å². The number of aryl methyl sites for hydroxylation is 1. The van der Waals surface area contributed by atoms with Gasteiger partial charge < -0.3 is 10.6 Å². The van der Waals surface area contributed by atoms with Crippen LogP contribution >= 0.6 is 0 Å². The lowest BCUT2D eigenvalue weighted by molar-refractivity contribution is 0.449. The monoisotopic (exact) mass is 366 g/mol. The lowest BCUT2D eigenvalue weighted by atomic mass is 10.3. The fraction of sp³-hybridized carbons (Fsp3) is 0.0588. The van der Waals surface area contributed by atoms with Crippen molar-refractivity contribution in [2.24, 2.45) is 0 Å². The maximum absolute atomic E-state index is 13.8. The van der Waals surface area contributed by atoms with Crippen molar-refractivity contribution >= 4 is 23.1 Å². The molecule has 0 amide bonds. The van der Waals surface area contributed by atoms with Crippen molar-refractivity contribution in [1.82, 2.24) is 9.97 Å². The van der Waals surface area contributed by atoms with Gasteiger partial charge in [0.2, 0.25) is 5.95 Å². The van der Waals surface area contributed by atoms with Crippen LogP contribution in [0.1, 0.15) is 5.69 Å². The van der Waals surface area contributed by atoms with E-state index in [1.165, 1.54) is 12.1 Å². The first-order valence-corrected chi connectivity index (χ1v) is 7.32. The lowest BCUT2D eigenvalue weighted by Crippen LogP contribution is -2.05. The summed E-state index contributed by atoms with van der Waals surface area (Å²) in [5, 5.41) is 5.07. The van der Waals surface area contributed by atoms with Gasteiger partial charge in [0.1, 0.15) is 17.5 Å². The number of benzene rings is 2. The van der Waals surface area contributed by atoms with E-state index >= 15 is 0 Å². The number of halogens is 5. The van der Waals surface area contributed by atoms with E-state index in [0.29, 0.717) is 11.8 Å². The van der Waals surface area contributed by atoms with E-state index in [4.69, 9.17) is 0 Å². The van der Waals surface area contributed by atoms with Crippen LogP contribution in [0.2, 0.25) is 0 Å². The number of aromatic nitrogens is 2. The van der Waals surface area contributed by atoms with Gasteiger partial charge in [-0.15, -0.1) is 0 Å². The quantitative estimate of drug-likeness (QED) is 0.506. The number of hydrogen-bond donors (Lipinski definition) is 2. The summed E-state index contributed by atoms with van der Waals surface area (Å²) in [5.41, 5.74) is 0.0263. The molecule has 3 rings (SSSR count). The van der Waals surface area contributed by atoms with Crippen molar-refractivity contribution in [3.8, 4) is 0 Å². The zero-order chi connectivity index (χ0) is 18.8. The molecule has 0 aliphatic carbocycles. The van der Waals surface area contributed by atoms with Crippen molar-refractivity contribution in [3.05, 3.63) is 71.2 Å². The van der Waals surface area contributed by atoms with Crippen LogP contribution in [-0.4, -0.2) is 9.97 Å². The Morgan fingerprint density at radius 2 is 1.46 bits per heavy atom. The van der Waals surface area contributed by atoms with E-state index in [2.05, 4.69) is 20.6 Å². The molecule has 0 unspecified atom stereocenters. The molecule has 0 saturated heterocycles. The molecule has 0 bridgehead atoms. The van der Waals surface area contributed by atoms with Crippen LogP contribution in [0.3, 0.4) is 0 Å². The van der Waals surface area contributed by atoms with E-state index in [9.17, 15) is 22.0 Å². The van der Waals surface area contributed by atoms with Crippen LogP contribution in [0, 0.1) is 36.0 Å². The Labute approximate surface area is 144 Å². The first kappa shape index (κ1) is 17.6. The standard InChI is InChI=1S/C17H11F5N4/c1-8-6-14(24-12-4-2-9(18)7-11(12)20)26-17(23-8)25-13-5-3-10(19)15(21)16(13)22/h2-7H,1H3,(H2,23,24,25,26). The molecule has 26 heavy (non-hydrogen) atoms. The van der Waals surface area contributed by atoms with Crippen molar-refractivity contribution in [2.45, 2.75) is 6.92 Å². The van der Waals surface area contributed by atoms with Gasteiger partial charge in [-0.2, -0.15) is 4.98 Å². The van der Waals surface area contributed by atoms with Gasteiger partial charge >= 0.3 is 0 Å². The first-order valence-electron chi connectivity index (χ1n) is 7.32. The van der Waals surface area contributed by atoms with Crippen LogP contribution in [0.15, 0.2) is 36.4 Å². The van der Waals surface area contributed by atoms with Crippen molar-refractivity contribution in [2.75, 3.05) is 10.6 Å². The second-order valence-corrected chi connectivity index (χ2v) is 5.32. The summed E-state index contributed by atoms with van der Waals surface area (Å²) in [4.78, 5) is 8.01. The smallest absolute Gasteiger partial charge is 0.229 e. The fourth-order valence-corrected chi connectivity index (χ4v) is 2.16. The minimum Gasteiger partial charge on any atom is -0.338 e. The van der Waals surface area contributed by atoms with Gasteiger partial charge in [-0.1, -0.05) is 0 Å². The molecule has 0 atom stereocenters. The number of hydrogen-bond acceptors (Lipinski definition) is 4. The molecule has 1 heterocycles. The highest BCUT2D eigenvalue weighted by molar-refractivity contribution is 5.61. The Morgan fingerprint density at radius 3 is 2.19 bits per heavy atom. The molecule has 134 valence electrons. The molecule has 3 aromatic rings. The molecule has 0 saturated carbocycles. The minimum atomic E-state index is -1.63. The highest BCUT2D eigenvalue weighted by atomic mass is 19.2. The normalized spacial score (nSPS) is 10.7. The zero-order valence-corrected chi connectivity index (χ0v) is 13.2. The Hall–Kier alpha value is -3.23. The zero-order valence-electron chi connectivity index (χ0n) is 13.2. The van der Waals surface area contributed by atoms with Gasteiger partial charge in [0.05, 0.1) is 11.4 Å². The van der Waals surface area contributed by atoms with Crippen LogP contribution in [0.25, 0.3) is 0 Å². The number of nitrogens with one attached hydrogen (secondary N) is 2. The van der Waals surface area contributed by atoms with Gasteiger partial charge in [-0.05, 0) is 31.2 Å². The Bertz CT molecular complexity index is 978. The molecule has 0 fully saturated rings. The Morgan fingerprint density at radius 1 is 0.731 bits per heavy atom. The van der Waals surface area contributed by atoms with Crippen LogP contribution in [0.4, 0.5) is 45.1 Å². The molecule has 2 N–H and O–H groups in total. The first-order chi connectivity index (χ1) is 12.3. The van der Waals surface area contributed by atoms with Crippen molar-refractivity contribution in [3.63, 3.8) is 0 Å². The van der Waals surface area contributed by atoms with E-state index in [1.807, 2.05) is 0 Å². The molecule has 0 radical (unpaired) electrons. The number of nitrogens with zero attached hydrogens (tertiary/aromatic N) is 2. The summed E-state index contributed by atoms with van der Waals surface area (Å²) in [6.45, 7) is 1.60. The highest BCUT2D eigenvalue weighted by Crippen LogP contribution is 2.24. The maximum atomic E-state index is 13.8. The maximum Gasteiger partial charge on any atom is 0.229 e. The molecular formula is C17H11F5N4. The van der Waals surface area contributed by atoms with Gasteiger partial charge in [-0.3, -0.25) is 0 Å². The third-order valence-electron chi connectivity index (χ3n) is 3.33. The van der Waals surface area contributed by atoms with E-state index < -0.39 is 29.1 Å². The van der Waals surface area contributed by atoms with E-state index in [1.54, 1.807) is 6.92 Å². The molecule has 2 aromatic carbocycles. The van der Waals surface area contributed by atoms with Crippen molar-refractivity contribution < 1.29 is 22.0 Å². The molecule has 0 spiro atoms. The molecular weight excluding hydrogens is 355 g/mol. The second-order valence-electron chi connectivity index (χ2n) is 5.32. The summed E-state index contributed by atoms with van der Waals surface area (Å²) in [6, 6.07) is 6.16. The Balaban J connectivity index is 1.89. The molecule has 1 aromatic heterocycles. The SMILES string of the molecule is Cc1cc(Nc2ccc(F)cc2F)nc(Nc2ccc(F)c(F)c2F)n1. The molecule has 0 aliphatic heterocycles. The van der Waals surface area contributed by atoms with E-state index in [-0.39, 0.29) is 23.1 Å². The van der Waals surface area contributed by atoms with Crippen molar-refractivity contribution in [1.29, 1.82) is 0 Å². The number of rotatable bonds is 4. The predicted molar refractivity (Wildman–Crippen MR) is 86.0 cm³/mol. The number of anilines is 4. The third kappa shape index (κ3) is 3.71. The fourth-order valence-electron chi connectivity index (χ4n) is 2.16. The minimum absolute atomic E-state index is 0.0329. The van der Waals surface area contributed by atoms with Gasteiger partial charge in [0.15, 0.2) is 17.5 Å². The predicted octanol–water partition coefficient (Wildman–Crippen LogP) is 4.97. The molecule has 4 nitrogen and oxygen atoms in total. The summed E-state index contributed by atoms with van der Waals surface area (Å²) in [7, 11) is 0.